The number of carbonyl (C=O) groups is 1. The number of ether oxygens (including phenoxy) is 1. The molecule has 5 rings (SSSR count). The molecule has 2 aliphatic carbocycles. The van der Waals surface area contributed by atoms with E-state index in [0.717, 1.165) is 37.8 Å². The molecular weight excluding hydrogens is 378 g/mol. The molecule has 0 spiro atoms. The van der Waals surface area contributed by atoms with E-state index in [1.165, 1.54) is 28.5 Å². The number of carbonyl (C=O) groups excluding carboxylic acids is 1. The topological polar surface area (TPSA) is 112 Å². The second-order valence-corrected chi connectivity index (χ2v) is 9.49. The van der Waals surface area contributed by atoms with Gasteiger partial charge in [-0.05, 0) is 60.3 Å². The van der Waals surface area contributed by atoms with Crippen molar-refractivity contribution in [1.82, 2.24) is 9.78 Å². The molecule has 1 aromatic carbocycles. The molecule has 2 aromatic rings. The van der Waals surface area contributed by atoms with Crippen LogP contribution in [0.3, 0.4) is 0 Å². The van der Waals surface area contributed by atoms with Crippen LogP contribution in [0.25, 0.3) is 0 Å². The Morgan fingerprint density at radius 2 is 2.25 bits per heavy atom. The third-order valence-corrected chi connectivity index (χ3v) is 7.28. The third kappa shape index (κ3) is 2.72. The monoisotopic (exact) mass is 401 g/mol. The highest BCUT2D eigenvalue weighted by molar-refractivity contribution is 7.91. The van der Waals surface area contributed by atoms with Crippen LogP contribution in [0.1, 0.15) is 47.9 Å². The molecule has 0 unspecified atom stereocenters. The molecule has 148 valence electrons. The predicted molar refractivity (Wildman–Crippen MR) is 105 cm³/mol. The molecule has 2 atom stereocenters. The normalized spacial score (nSPS) is 21.4. The van der Waals surface area contributed by atoms with E-state index in [4.69, 9.17) is 9.88 Å². The summed E-state index contributed by atoms with van der Waals surface area (Å²) in [6.07, 6.45) is 6.52. The van der Waals surface area contributed by atoms with Gasteiger partial charge in [-0.3, -0.25) is 0 Å². The van der Waals surface area contributed by atoms with Crippen molar-refractivity contribution in [2.45, 2.75) is 56.4 Å². The Morgan fingerprint density at radius 3 is 3.11 bits per heavy atom. The van der Waals surface area contributed by atoms with E-state index in [0.29, 0.717) is 24.9 Å². The van der Waals surface area contributed by atoms with Gasteiger partial charge in [0.05, 0.1) is 12.7 Å². The molecule has 3 aliphatic rings. The molecule has 28 heavy (non-hydrogen) atoms. The average Bonchev–Trinajstić information content (AvgIpc) is 3.37. The molecule has 0 fully saturated rings. The first kappa shape index (κ1) is 17.7. The molecule has 2 amide bonds. The lowest BCUT2D eigenvalue weighted by Crippen LogP contribution is -2.19. The van der Waals surface area contributed by atoms with Gasteiger partial charge in [0.1, 0.15) is 11.5 Å². The van der Waals surface area contributed by atoms with Gasteiger partial charge < -0.3 is 10.1 Å². The van der Waals surface area contributed by atoms with Crippen LogP contribution >= 0.6 is 0 Å². The van der Waals surface area contributed by atoms with Crippen LogP contribution in [0.15, 0.2) is 21.5 Å². The highest BCUT2D eigenvalue weighted by Crippen LogP contribution is 2.44. The number of nitrogens with two attached hydrogens (primary N) is 1. The van der Waals surface area contributed by atoms with Crippen molar-refractivity contribution in [3.63, 3.8) is 0 Å². The zero-order chi connectivity index (χ0) is 19.5. The van der Waals surface area contributed by atoms with Gasteiger partial charge in [-0.2, -0.15) is 5.10 Å². The fourth-order valence-corrected chi connectivity index (χ4v) is 5.65. The second kappa shape index (κ2) is 6.31. The maximum absolute atomic E-state index is 13.0. The maximum Gasteiger partial charge on any atom is 0.354 e. The molecule has 9 heteroatoms. The predicted octanol–water partition coefficient (Wildman–Crippen LogP) is 2.75. The van der Waals surface area contributed by atoms with E-state index in [9.17, 15) is 9.00 Å². The fourth-order valence-electron chi connectivity index (χ4n) is 4.65. The molecule has 8 nitrogen and oxygen atoms in total. The molecule has 0 saturated heterocycles. The van der Waals surface area contributed by atoms with Crippen molar-refractivity contribution in [2.75, 3.05) is 11.9 Å². The maximum atomic E-state index is 13.0. The number of aromatic nitrogens is 2. The summed E-state index contributed by atoms with van der Waals surface area (Å²) in [6, 6.07) is 1.61. The first-order chi connectivity index (χ1) is 13.4. The lowest BCUT2D eigenvalue weighted by molar-refractivity contribution is 0.260. The minimum atomic E-state index is -3.45. The minimum absolute atomic E-state index is 0.164. The van der Waals surface area contributed by atoms with Gasteiger partial charge in [-0.1, -0.05) is 13.0 Å². The van der Waals surface area contributed by atoms with Crippen LogP contribution in [-0.2, 0) is 35.7 Å². The summed E-state index contributed by atoms with van der Waals surface area (Å²) in [5, 5.41) is 13.0. The molecule has 2 heterocycles. The highest BCUT2D eigenvalue weighted by atomic mass is 32.2. The summed E-state index contributed by atoms with van der Waals surface area (Å²) >= 11 is 0. The van der Waals surface area contributed by atoms with E-state index in [2.05, 4.69) is 27.8 Å². The molecular formula is C19H23N5O3S. The first-order valence-corrected chi connectivity index (χ1v) is 11.2. The smallest absolute Gasteiger partial charge is 0.354 e. The largest absolute Gasteiger partial charge is 0.475 e. The van der Waals surface area contributed by atoms with Crippen LogP contribution in [-0.4, -0.2) is 26.6 Å². The van der Waals surface area contributed by atoms with Crippen molar-refractivity contribution in [2.24, 2.45) is 9.50 Å². The Hall–Kier alpha value is -2.39. The molecule has 0 saturated carbocycles. The summed E-state index contributed by atoms with van der Waals surface area (Å²) in [4.78, 5) is 12.9. The van der Waals surface area contributed by atoms with Gasteiger partial charge in [0.2, 0.25) is 5.88 Å². The molecule has 1 aromatic heterocycles. The van der Waals surface area contributed by atoms with Gasteiger partial charge in [0.15, 0.2) is 9.92 Å². The number of hydrogen-bond donors (Lipinski definition) is 2. The fraction of sp³-hybridized carbons (Fsp3) is 0.474. The standard InChI is InChI=1S/C19H23N5O3S/c1-11-5-6-13-9-12-3-2-4-14(12)17(16(11)13)22-19(25)23-28(20,26)15-10-21-24-7-8-27-18(15)24/h9-11H,2-8H2,1H3,(H3,20,22,23,25,26)/t11-,28+/m1/s1. The number of fused-ring (bicyclic) bond motifs is 3. The number of rotatable bonds is 2. The number of urea groups is 1. The zero-order valence-corrected chi connectivity index (χ0v) is 16.6. The lowest BCUT2D eigenvalue weighted by atomic mass is 9.95. The van der Waals surface area contributed by atoms with Crippen LogP contribution in [0, 0.1) is 0 Å². The van der Waals surface area contributed by atoms with E-state index < -0.39 is 15.9 Å². The minimum Gasteiger partial charge on any atom is -0.475 e. The van der Waals surface area contributed by atoms with E-state index >= 15 is 0 Å². The quantitative estimate of drug-likeness (QED) is 0.806. The third-order valence-electron chi connectivity index (χ3n) is 5.93. The van der Waals surface area contributed by atoms with Gasteiger partial charge >= 0.3 is 6.03 Å². The number of anilines is 1. The number of nitrogens with one attached hydrogen (secondary N) is 1. The Bertz CT molecular complexity index is 1110. The summed E-state index contributed by atoms with van der Waals surface area (Å²) in [6.45, 7) is 3.19. The lowest BCUT2D eigenvalue weighted by Gasteiger charge is -2.17. The van der Waals surface area contributed by atoms with Crippen LogP contribution in [0.5, 0.6) is 5.88 Å². The number of aryl methyl sites for hydroxylation is 2. The summed E-state index contributed by atoms with van der Waals surface area (Å²) in [5.41, 5.74) is 5.85. The number of hydrogen-bond acceptors (Lipinski definition) is 4. The van der Waals surface area contributed by atoms with Crippen molar-refractivity contribution in [3.8, 4) is 5.88 Å². The van der Waals surface area contributed by atoms with Crippen LogP contribution < -0.4 is 15.2 Å². The number of nitrogens with zero attached hydrogens (tertiary/aromatic N) is 3. The van der Waals surface area contributed by atoms with Gasteiger partial charge in [-0.15, -0.1) is 4.36 Å². The van der Waals surface area contributed by atoms with Crippen molar-refractivity contribution >= 4 is 21.6 Å². The second-order valence-electron chi connectivity index (χ2n) is 7.73. The van der Waals surface area contributed by atoms with E-state index in [-0.39, 0.29) is 4.90 Å². The van der Waals surface area contributed by atoms with Crippen molar-refractivity contribution in [1.29, 1.82) is 0 Å². The Balaban J connectivity index is 1.51. The van der Waals surface area contributed by atoms with Crippen LogP contribution in [0.4, 0.5) is 10.5 Å². The van der Waals surface area contributed by atoms with Gasteiger partial charge in [-0.25, -0.2) is 18.8 Å². The molecule has 0 radical (unpaired) electrons. The summed E-state index contributed by atoms with van der Waals surface area (Å²) in [7, 11) is -3.45. The van der Waals surface area contributed by atoms with E-state index in [1.54, 1.807) is 4.68 Å². The van der Waals surface area contributed by atoms with Gasteiger partial charge in [0, 0.05) is 5.69 Å². The highest BCUT2D eigenvalue weighted by Gasteiger charge is 2.30. The average molecular weight is 401 g/mol. The first-order valence-electron chi connectivity index (χ1n) is 9.66. The Kier molecular flexibility index (Phi) is 3.99. The van der Waals surface area contributed by atoms with Gasteiger partial charge in [0.25, 0.3) is 0 Å². The van der Waals surface area contributed by atoms with Crippen molar-refractivity contribution in [3.05, 3.63) is 34.5 Å². The summed E-state index contributed by atoms with van der Waals surface area (Å²) in [5.74, 6) is 0.713. The van der Waals surface area contributed by atoms with Crippen molar-refractivity contribution < 1.29 is 13.7 Å². The molecule has 0 bridgehead atoms. The molecule has 3 N–H and O–H groups in total. The van der Waals surface area contributed by atoms with E-state index in [1.807, 2.05) is 0 Å². The van der Waals surface area contributed by atoms with Crippen LogP contribution in [0.2, 0.25) is 0 Å². The Labute approximate surface area is 163 Å². The number of amides is 2. The SMILES string of the molecule is C[C@@H]1CCc2cc3c(c(NC(=O)N=[S@](N)(=O)c4cnn5c4OCC5)c21)CCC3. The summed E-state index contributed by atoms with van der Waals surface area (Å²) < 4.78 is 23.8. The Morgan fingerprint density at radius 1 is 1.39 bits per heavy atom. The molecule has 1 aliphatic heterocycles. The zero-order valence-electron chi connectivity index (χ0n) is 15.7. The number of benzene rings is 1.